The molecule has 96 valence electrons. The Morgan fingerprint density at radius 1 is 1.44 bits per heavy atom. The number of benzene rings is 1. The second kappa shape index (κ2) is 6.47. The van der Waals surface area contributed by atoms with Crippen molar-refractivity contribution in [3.8, 4) is 12.3 Å². The first-order chi connectivity index (χ1) is 8.69. The summed E-state index contributed by atoms with van der Waals surface area (Å²) < 4.78 is 1.01. The van der Waals surface area contributed by atoms with Crippen molar-refractivity contribution in [3.05, 3.63) is 27.7 Å². The van der Waals surface area contributed by atoms with Crippen LogP contribution in [0.5, 0.6) is 0 Å². The summed E-state index contributed by atoms with van der Waals surface area (Å²) in [4.78, 5) is 2.31. The summed E-state index contributed by atoms with van der Waals surface area (Å²) in [5.41, 5.74) is 1.11. The largest absolute Gasteiger partial charge is 0.381 e. The summed E-state index contributed by atoms with van der Waals surface area (Å²) in [5, 5.41) is 4.30. The van der Waals surface area contributed by atoms with E-state index in [1.165, 1.54) is 0 Å². The molecule has 1 N–H and O–H groups in total. The van der Waals surface area contributed by atoms with Gasteiger partial charge in [-0.1, -0.05) is 17.5 Å². The summed E-state index contributed by atoms with van der Waals surface area (Å²) in [6, 6.07) is 6.34. The Kier molecular flexibility index (Phi) is 4.94. The van der Waals surface area contributed by atoms with E-state index in [1.54, 1.807) is 0 Å². The Morgan fingerprint density at radius 2 is 2.17 bits per heavy atom. The fourth-order valence-corrected chi connectivity index (χ4v) is 2.99. The number of likely N-dealkylation sites (tertiary alicyclic amines) is 1. The zero-order chi connectivity index (χ0) is 13.0. The maximum Gasteiger partial charge on any atom is 0.0598 e. The van der Waals surface area contributed by atoms with Crippen LogP contribution in [0.15, 0.2) is 22.7 Å². The molecule has 0 saturated carbocycles. The molecule has 0 atom stereocenters. The van der Waals surface area contributed by atoms with E-state index in [9.17, 15) is 0 Å². The highest BCUT2D eigenvalue weighted by Crippen LogP contribution is 2.27. The Labute approximate surface area is 122 Å². The van der Waals surface area contributed by atoms with Gasteiger partial charge in [-0.25, -0.2) is 0 Å². The van der Waals surface area contributed by atoms with Crippen molar-refractivity contribution in [2.45, 2.75) is 18.9 Å². The van der Waals surface area contributed by atoms with Crippen LogP contribution in [0.1, 0.15) is 12.8 Å². The third-order valence-corrected chi connectivity index (χ3v) is 4.08. The lowest BCUT2D eigenvalue weighted by atomic mass is 10.0. The van der Waals surface area contributed by atoms with E-state index in [0.717, 1.165) is 47.7 Å². The molecule has 2 nitrogen and oxygen atoms in total. The molecule has 0 radical (unpaired) electrons. The standard InChI is InChI=1S/C14H16BrClN2/c1-2-7-18-8-5-12(6-9-18)17-14-4-3-11(16)10-13(14)15/h1,3-4,10,12,17H,5-9H2. The summed E-state index contributed by atoms with van der Waals surface area (Å²) >= 11 is 9.46. The highest BCUT2D eigenvalue weighted by Gasteiger charge is 2.18. The van der Waals surface area contributed by atoms with Gasteiger partial charge in [-0.2, -0.15) is 0 Å². The number of rotatable bonds is 3. The molecule has 1 heterocycles. The van der Waals surface area contributed by atoms with Gasteiger partial charge in [-0.15, -0.1) is 6.42 Å². The van der Waals surface area contributed by atoms with Gasteiger partial charge in [0.2, 0.25) is 0 Å². The molecule has 0 amide bonds. The highest BCUT2D eigenvalue weighted by atomic mass is 79.9. The molecular weight excluding hydrogens is 312 g/mol. The lowest BCUT2D eigenvalue weighted by Crippen LogP contribution is -2.39. The minimum Gasteiger partial charge on any atom is -0.381 e. The first kappa shape index (κ1) is 13.7. The van der Waals surface area contributed by atoms with Crippen molar-refractivity contribution >= 4 is 33.2 Å². The molecule has 2 rings (SSSR count). The fraction of sp³-hybridized carbons (Fsp3) is 0.429. The average Bonchev–Trinajstić information content (AvgIpc) is 2.35. The molecule has 0 aromatic heterocycles. The fourth-order valence-electron chi connectivity index (χ4n) is 2.19. The van der Waals surface area contributed by atoms with E-state index in [2.05, 4.69) is 32.1 Å². The van der Waals surface area contributed by atoms with E-state index in [4.69, 9.17) is 18.0 Å². The van der Waals surface area contributed by atoms with Gasteiger partial charge in [0.15, 0.2) is 0 Å². The van der Waals surface area contributed by atoms with Crippen LogP contribution < -0.4 is 5.32 Å². The maximum absolute atomic E-state index is 5.93. The first-order valence-electron chi connectivity index (χ1n) is 6.06. The Bertz CT molecular complexity index is 448. The van der Waals surface area contributed by atoms with Crippen LogP contribution in [0.4, 0.5) is 5.69 Å². The molecule has 1 aliphatic rings. The van der Waals surface area contributed by atoms with Gasteiger partial charge < -0.3 is 5.32 Å². The SMILES string of the molecule is C#CCN1CCC(Nc2ccc(Cl)cc2Br)CC1. The summed E-state index contributed by atoms with van der Waals surface area (Å²) in [6.45, 7) is 2.89. The van der Waals surface area contributed by atoms with Crippen LogP contribution >= 0.6 is 27.5 Å². The third-order valence-electron chi connectivity index (χ3n) is 3.19. The molecule has 0 bridgehead atoms. The average molecular weight is 328 g/mol. The highest BCUT2D eigenvalue weighted by molar-refractivity contribution is 9.10. The zero-order valence-corrected chi connectivity index (χ0v) is 12.5. The van der Waals surface area contributed by atoms with Crippen LogP contribution in [0.2, 0.25) is 5.02 Å². The third kappa shape index (κ3) is 3.65. The van der Waals surface area contributed by atoms with E-state index < -0.39 is 0 Å². The van der Waals surface area contributed by atoms with Gasteiger partial charge >= 0.3 is 0 Å². The van der Waals surface area contributed by atoms with Crippen molar-refractivity contribution in [2.75, 3.05) is 25.0 Å². The van der Waals surface area contributed by atoms with Crippen molar-refractivity contribution in [3.63, 3.8) is 0 Å². The topological polar surface area (TPSA) is 15.3 Å². The number of hydrogen-bond acceptors (Lipinski definition) is 2. The molecule has 0 aliphatic carbocycles. The van der Waals surface area contributed by atoms with E-state index >= 15 is 0 Å². The summed E-state index contributed by atoms with van der Waals surface area (Å²) in [6.07, 6.45) is 7.57. The van der Waals surface area contributed by atoms with E-state index in [0.29, 0.717) is 6.04 Å². The number of anilines is 1. The normalized spacial score (nSPS) is 17.4. The van der Waals surface area contributed by atoms with Gasteiger partial charge in [-0.05, 0) is 47.0 Å². The number of halogens is 2. The Morgan fingerprint density at radius 3 is 2.78 bits per heavy atom. The van der Waals surface area contributed by atoms with Gasteiger partial charge in [-0.3, -0.25) is 4.90 Å². The number of piperidine rings is 1. The lowest BCUT2D eigenvalue weighted by molar-refractivity contribution is 0.243. The number of nitrogens with one attached hydrogen (secondary N) is 1. The molecule has 18 heavy (non-hydrogen) atoms. The van der Waals surface area contributed by atoms with Crippen LogP contribution in [-0.2, 0) is 0 Å². The van der Waals surface area contributed by atoms with Crippen molar-refractivity contribution in [1.29, 1.82) is 0 Å². The second-order valence-corrected chi connectivity index (χ2v) is 5.81. The zero-order valence-electron chi connectivity index (χ0n) is 10.1. The molecule has 1 aromatic carbocycles. The molecule has 0 unspecified atom stereocenters. The van der Waals surface area contributed by atoms with Crippen LogP contribution in [0.3, 0.4) is 0 Å². The van der Waals surface area contributed by atoms with Gasteiger partial charge in [0.1, 0.15) is 0 Å². The molecule has 1 aliphatic heterocycles. The Balaban J connectivity index is 1.90. The summed E-state index contributed by atoms with van der Waals surface area (Å²) in [5.74, 6) is 2.70. The Hall–Kier alpha value is -0.690. The molecular formula is C14H16BrClN2. The first-order valence-corrected chi connectivity index (χ1v) is 7.23. The quantitative estimate of drug-likeness (QED) is 0.853. The number of terminal acetylenes is 1. The molecule has 1 aromatic rings. The van der Waals surface area contributed by atoms with Gasteiger partial charge in [0.05, 0.1) is 6.54 Å². The number of hydrogen-bond donors (Lipinski definition) is 1. The second-order valence-electron chi connectivity index (χ2n) is 4.52. The lowest BCUT2D eigenvalue weighted by Gasteiger charge is -2.31. The van der Waals surface area contributed by atoms with E-state index in [1.807, 2.05) is 18.2 Å². The molecule has 1 fully saturated rings. The summed E-state index contributed by atoms with van der Waals surface area (Å²) in [7, 11) is 0. The minimum atomic E-state index is 0.511. The van der Waals surface area contributed by atoms with Crippen LogP contribution in [0, 0.1) is 12.3 Å². The van der Waals surface area contributed by atoms with Gasteiger partial charge in [0, 0.05) is 34.3 Å². The van der Waals surface area contributed by atoms with Crippen molar-refractivity contribution in [1.82, 2.24) is 4.90 Å². The molecule has 4 heteroatoms. The van der Waals surface area contributed by atoms with Crippen molar-refractivity contribution in [2.24, 2.45) is 0 Å². The van der Waals surface area contributed by atoms with E-state index in [-0.39, 0.29) is 0 Å². The minimum absolute atomic E-state index is 0.511. The predicted molar refractivity (Wildman–Crippen MR) is 81.1 cm³/mol. The smallest absolute Gasteiger partial charge is 0.0598 e. The molecule has 1 saturated heterocycles. The predicted octanol–water partition coefficient (Wildman–Crippen LogP) is 3.61. The van der Waals surface area contributed by atoms with Crippen molar-refractivity contribution < 1.29 is 0 Å². The van der Waals surface area contributed by atoms with Gasteiger partial charge in [0.25, 0.3) is 0 Å². The monoisotopic (exact) mass is 326 g/mol. The number of nitrogens with zero attached hydrogens (tertiary/aromatic N) is 1. The van der Waals surface area contributed by atoms with Crippen LogP contribution in [-0.4, -0.2) is 30.6 Å². The van der Waals surface area contributed by atoms with Crippen LogP contribution in [0.25, 0.3) is 0 Å². The molecule has 0 spiro atoms. The maximum atomic E-state index is 5.93.